The lowest BCUT2D eigenvalue weighted by atomic mass is 10.1. The second-order valence-corrected chi connectivity index (χ2v) is 6.17. The van der Waals surface area contributed by atoms with Crippen LogP contribution in [0.15, 0.2) is 59.5 Å². The van der Waals surface area contributed by atoms with Crippen molar-refractivity contribution in [3.63, 3.8) is 0 Å². The Morgan fingerprint density at radius 1 is 1.05 bits per heavy atom. The quantitative estimate of drug-likeness (QED) is 0.432. The first-order chi connectivity index (χ1) is 10.6. The van der Waals surface area contributed by atoms with Gasteiger partial charge >= 0.3 is 0 Å². The van der Waals surface area contributed by atoms with Crippen molar-refractivity contribution in [2.24, 2.45) is 0 Å². The largest absolute Gasteiger partial charge is 0.295 e. The first-order valence-electron chi connectivity index (χ1n) is 7.16. The fourth-order valence-electron chi connectivity index (χ4n) is 2.01. The molecule has 0 aliphatic rings. The Balaban J connectivity index is 2.10. The van der Waals surface area contributed by atoms with Gasteiger partial charge in [-0.25, -0.2) is 0 Å². The number of ketones is 2. The standard InChI is InChI=1S/C19H18O2S/c1-3-22-18-10-8-16(9-11-18)19(21)12-7-15-5-4-6-17(13-15)14(2)20/h4-13H,3H2,1-2H3. The molecule has 2 aromatic rings. The van der Waals surface area contributed by atoms with Crippen molar-refractivity contribution in [2.75, 3.05) is 5.75 Å². The number of rotatable bonds is 6. The molecule has 0 spiro atoms. The number of thioether (sulfide) groups is 1. The molecule has 0 unspecified atom stereocenters. The average Bonchev–Trinajstić information content (AvgIpc) is 2.54. The SMILES string of the molecule is CCSc1ccc(C(=O)C=Cc2cccc(C(C)=O)c2)cc1. The summed E-state index contributed by atoms with van der Waals surface area (Å²) in [5, 5.41) is 0. The highest BCUT2D eigenvalue weighted by molar-refractivity contribution is 7.99. The molecule has 0 aliphatic carbocycles. The summed E-state index contributed by atoms with van der Waals surface area (Å²) in [6, 6.07) is 14.9. The molecule has 112 valence electrons. The highest BCUT2D eigenvalue weighted by Crippen LogP contribution is 2.18. The Morgan fingerprint density at radius 2 is 1.77 bits per heavy atom. The van der Waals surface area contributed by atoms with E-state index in [-0.39, 0.29) is 11.6 Å². The van der Waals surface area contributed by atoms with Gasteiger partial charge in [0.05, 0.1) is 0 Å². The summed E-state index contributed by atoms with van der Waals surface area (Å²) < 4.78 is 0. The maximum absolute atomic E-state index is 12.1. The third kappa shape index (κ3) is 4.43. The van der Waals surface area contributed by atoms with Gasteiger partial charge in [0.25, 0.3) is 0 Å². The third-order valence-corrected chi connectivity index (χ3v) is 4.06. The van der Waals surface area contributed by atoms with Crippen molar-refractivity contribution in [2.45, 2.75) is 18.7 Å². The molecule has 3 heteroatoms. The van der Waals surface area contributed by atoms with Gasteiger partial charge in [-0.2, -0.15) is 0 Å². The number of allylic oxidation sites excluding steroid dienone is 1. The maximum Gasteiger partial charge on any atom is 0.185 e. The second-order valence-electron chi connectivity index (χ2n) is 4.84. The Hall–Kier alpha value is -2.13. The van der Waals surface area contributed by atoms with Crippen molar-refractivity contribution in [1.29, 1.82) is 0 Å². The number of Topliss-reactive ketones (excluding diaryl/α,β-unsaturated/α-hetero) is 1. The van der Waals surface area contributed by atoms with Gasteiger partial charge in [0, 0.05) is 16.0 Å². The van der Waals surface area contributed by atoms with Gasteiger partial charge in [-0.05, 0) is 54.6 Å². The molecular formula is C19H18O2S. The topological polar surface area (TPSA) is 34.1 Å². The molecule has 0 amide bonds. The van der Waals surface area contributed by atoms with Crippen LogP contribution < -0.4 is 0 Å². The molecule has 0 saturated carbocycles. The fraction of sp³-hybridized carbons (Fsp3) is 0.158. The number of carbonyl (C=O) groups excluding carboxylic acids is 2. The van der Waals surface area contributed by atoms with E-state index in [0.717, 1.165) is 16.2 Å². The normalized spacial score (nSPS) is 10.8. The minimum atomic E-state index is -0.0405. The van der Waals surface area contributed by atoms with Gasteiger partial charge in [0.2, 0.25) is 0 Å². The Bertz CT molecular complexity index is 700. The summed E-state index contributed by atoms with van der Waals surface area (Å²) in [5.41, 5.74) is 2.16. The molecule has 0 aliphatic heterocycles. The number of carbonyl (C=O) groups is 2. The predicted molar refractivity (Wildman–Crippen MR) is 92.7 cm³/mol. The molecule has 22 heavy (non-hydrogen) atoms. The smallest absolute Gasteiger partial charge is 0.185 e. The first kappa shape index (κ1) is 16.2. The van der Waals surface area contributed by atoms with Crippen molar-refractivity contribution < 1.29 is 9.59 Å². The van der Waals surface area contributed by atoms with Gasteiger partial charge < -0.3 is 0 Å². The molecule has 0 N–H and O–H groups in total. The van der Waals surface area contributed by atoms with Crippen LogP contribution >= 0.6 is 11.8 Å². The highest BCUT2D eigenvalue weighted by atomic mass is 32.2. The molecule has 0 radical (unpaired) electrons. The zero-order chi connectivity index (χ0) is 15.9. The molecule has 2 aromatic carbocycles. The van der Waals surface area contributed by atoms with Crippen LogP contribution in [0.3, 0.4) is 0 Å². The van der Waals surface area contributed by atoms with E-state index in [2.05, 4.69) is 6.92 Å². The minimum Gasteiger partial charge on any atom is -0.295 e. The molecule has 0 atom stereocenters. The van der Waals surface area contributed by atoms with Gasteiger partial charge in [0.1, 0.15) is 0 Å². The molecule has 0 fully saturated rings. The minimum absolute atomic E-state index is 0.0191. The number of hydrogen-bond donors (Lipinski definition) is 0. The van der Waals surface area contributed by atoms with Crippen molar-refractivity contribution >= 4 is 29.4 Å². The fourth-order valence-corrected chi connectivity index (χ4v) is 2.67. The van der Waals surface area contributed by atoms with E-state index in [1.807, 2.05) is 36.4 Å². The molecule has 2 rings (SSSR count). The highest BCUT2D eigenvalue weighted by Gasteiger charge is 2.03. The summed E-state index contributed by atoms with van der Waals surface area (Å²) >= 11 is 1.75. The Morgan fingerprint density at radius 3 is 2.41 bits per heavy atom. The van der Waals surface area contributed by atoms with Gasteiger partial charge in [-0.1, -0.05) is 31.2 Å². The summed E-state index contributed by atoms with van der Waals surface area (Å²) in [6.07, 6.45) is 3.28. The molecule has 0 bridgehead atoms. The van der Waals surface area contributed by atoms with Crippen LogP contribution in [0.1, 0.15) is 40.1 Å². The zero-order valence-electron chi connectivity index (χ0n) is 12.7. The zero-order valence-corrected chi connectivity index (χ0v) is 13.5. The summed E-state index contributed by atoms with van der Waals surface area (Å²) in [4.78, 5) is 24.7. The van der Waals surface area contributed by atoms with Crippen LogP contribution in [0.2, 0.25) is 0 Å². The van der Waals surface area contributed by atoms with Crippen molar-refractivity contribution in [3.8, 4) is 0 Å². The van der Waals surface area contributed by atoms with Crippen LogP contribution in [-0.4, -0.2) is 17.3 Å². The third-order valence-electron chi connectivity index (χ3n) is 3.17. The Kier molecular flexibility index (Phi) is 5.73. The van der Waals surface area contributed by atoms with Crippen LogP contribution in [0.5, 0.6) is 0 Å². The second kappa shape index (κ2) is 7.76. The monoisotopic (exact) mass is 310 g/mol. The Labute approximate surface area is 135 Å². The number of hydrogen-bond acceptors (Lipinski definition) is 3. The van der Waals surface area contributed by atoms with E-state index >= 15 is 0 Å². The lowest BCUT2D eigenvalue weighted by molar-refractivity contribution is 0.101. The van der Waals surface area contributed by atoms with E-state index in [9.17, 15) is 9.59 Å². The summed E-state index contributed by atoms with van der Waals surface area (Å²) in [6.45, 7) is 3.63. The molecule has 0 heterocycles. The lowest BCUT2D eigenvalue weighted by Gasteiger charge is -2.00. The molecule has 0 aromatic heterocycles. The lowest BCUT2D eigenvalue weighted by Crippen LogP contribution is -1.94. The van der Waals surface area contributed by atoms with Crippen molar-refractivity contribution in [1.82, 2.24) is 0 Å². The van der Waals surface area contributed by atoms with Gasteiger partial charge in [-0.15, -0.1) is 11.8 Å². The average molecular weight is 310 g/mol. The predicted octanol–water partition coefficient (Wildman–Crippen LogP) is 4.90. The maximum atomic E-state index is 12.1. The summed E-state index contributed by atoms with van der Waals surface area (Å²) in [7, 11) is 0. The van der Waals surface area contributed by atoms with E-state index in [4.69, 9.17) is 0 Å². The van der Waals surface area contributed by atoms with Gasteiger partial charge in [-0.3, -0.25) is 9.59 Å². The van der Waals surface area contributed by atoms with E-state index in [1.54, 1.807) is 36.0 Å². The van der Waals surface area contributed by atoms with Crippen LogP contribution in [0.25, 0.3) is 6.08 Å². The molecular weight excluding hydrogens is 292 g/mol. The van der Waals surface area contributed by atoms with E-state index in [1.165, 1.54) is 6.92 Å². The van der Waals surface area contributed by atoms with Crippen LogP contribution in [0, 0.1) is 0 Å². The van der Waals surface area contributed by atoms with Crippen LogP contribution in [-0.2, 0) is 0 Å². The van der Waals surface area contributed by atoms with Crippen molar-refractivity contribution in [3.05, 3.63) is 71.3 Å². The van der Waals surface area contributed by atoms with E-state index < -0.39 is 0 Å². The van der Waals surface area contributed by atoms with Crippen LogP contribution in [0.4, 0.5) is 0 Å². The first-order valence-corrected chi connectivity index (χ1v) is 8.15. The van der Waals surface area contributed by atoms with Gasteiger partial charge in [0.15, 0.2) is 11.6 Å². The molecule has 2 nitrogen and oxygen atoms in total. The molecule has 0 saturated heterocycles. The van der Waals surface area contributed by atoms with E-state index in [0.29, 0.717) is 11.1 Å². The summed E-state index contributed by atoms with van der Waals surface area (Å²) in [5.74, 6) is 0.992. The number of benzene rings is 2.